The molecule has 1 amide bonds. The molecule has 322 valence electrons. The molecule has 5 heterocycles. The zero-order valence-corrected chi connectivity index (χ0v) is 37.7. The number of aryl methyl sites for hydroxylation is 6. The Morgan fingerprint density at radius 2 is 1.66 bits per heavy atom. The molecule has 1 N–H and O–H groups in total. The number of rotatable bonds is 14. The summed E-state index contributed by atoms with van der Waals surface area (Å²) in [4.78, 5) is 35.0. The van der Waals surface area contributed by atoms with Crippen LogP contribution in [0.25, 0.3) is 32.9 Å². The molecule has 8 rings (SSSR count). The number of nitrogens with zero attached hydrogens (tertiary/aromatic N) is 6. The highest BCUT2D eigenvalue weighted by Gasteiger charge is 2.38. The fourth-order valence-corrected chi connectivity index (χ4v) is 9.40. The maximum absolute atomic E-state index is 15.6. The third-order valence-corrected chi connectivity index (χ3v) is 12.8. The van der Waals surface area contributed by atoms with E-state index in [0.29, 0.717) is 71.4 Å². The molecule has 0 spiro atoms. The highest BCUT2D eigenvalue weighted by Crippen LogP contribution is 2.46. The maximum atomic E-state index is 15.6. The van der Waals surface area contributed by atoms with Crippen LogP contribution in [-0.2, 0) is 24.8 Å². The molecule has 0 saturated carbocycles. The summed E-state index contributed by atoms with van der Waals surface area (Å²) < 4.78 is 23.5. The van der Waals surface area contributed by atoms with Crippen molar-refractivity contribution in [2.75, 3.05) is 38.4 Å². The second kappa shape index (κ2) is 17.2. The van der Waals surface area contributed by atoms with Gasteiger partial charge in [-0.25, -0.2) is 4.79 Å². The van der Waals surface area contributed by atoms with Crippen LogP contribution in [-0.4, -0.2) is 74.4 Å². The summed E-state index contributed by atoms with van der Waals surface area (Å²) in [5.41, 5.74) is 10.6. The highest BCUT2D eigenvalue weighted by atomic mass is 35.5. The van der Waals surface area contributed by atoms with Crippen molar-refractivity contribution in [2.24, 2.45) is 7.05 Å². The topological polar surface area (TPSA) is 126 Å². The number of aromatic nitrogens is 5. The van der Waals surface area contributed by atoms with Crippen LogP contribution in [0, 0.1) is 34.6 Å². The summed E-state index contributed by atoms with van der Waals surface area (Å²) in [6.45, 7) is 13.4. The van der Waals surface area contributed by atoms with Crippen molar-refractivity contribution in [1.29, 1.82) is 0 Å². The van der Waals surface area contributed by atoms with E-state index in [1.165, 1.54) is 0 Å². The van der Waals surface area contributed by atoms with Gasteiger partial charge in [0.1, 0.15) is 29.5 Å². The lowest BCUT2D eigenvalue weighted by Gasteiger charge is -2.35. The lowest BCUT2D eigenvalue weighted by atomic mass is 9.98. The molecule has 0 saturated heterocycles. The predicted octanol–water partition coefficient (Wildman–Crippen LogP) is 10.2. The van der Waals surface area contributed by atoms with Gasteiger partial charge in [0.05, 0.1) is 52.9 Å². The number of carbonyl (C=O) groups is 2. The van der Waals surface area contributed by atoms with Crippen LogP contribution in [0.3, 0.4) is 0 Å². The molecule has 1 atom stereocenters. The molecule has 1 unspecified atom stereocenters. The molecule has 1 aliphatic heterocycles. The van der Waals surface area contributed by atoms with Gasteiger partial charge in [0.2, 0.25) is 0 Å². The average molecular weight is 878 g/mol. The average Bonchev–Trinajstić information content (AvgIpc) is 3.86. The number of pyridine rings is 1. The standard InChI is InChI=1S/C48H50Cl2N6O6/c1-26-15-16-51-32(20-26)25-54-39(48(58)59)23-36-40(62-19-18-60-8)14-13-38(44(36)54)55-24-29(4)56-45-35(11-12-37(49)42(45)41-30(5)52-53(7)31(41)6)34(46(56)47(55)57)10-9-17-61-33-21-27(2)43(50)28(3)22-33/h11-16,20-23,29H,9-10,17-19,24-25H2,1-8H3,(H,58,59). The SMILES string of the molecule is COCCOc1ccc(N2CC(C)n3c(c(CCCOc4cc(C)c(Cl)c(C)c4)c4ccc(Cl)c(-c5c(C)nn(C)c5C)c43)C2=O)c2c1cc(C(=O)O)n2Cc1cc(C)ccn1. The van der Waals surface area contributed by atoms with Crippen molar-refractivity contribution >= 4 is 62.6 Å². The van der Waals surface area contributed by atoms with Crippen LogP contribution in [0.15, 0.2) is 60.8 Å². The van der Waals surface area contributed by atoms with Gasteiger partial charge in [-0.15, -0.1) is 0 Å². The molecule has 3 aromatic carbocycles. The van der Waals surface area contributed by atoms with Gasteiger partial charge in [0.25, 0.3) is 5.91 Å². The number of benzene rings is 3. The smallest absolute Gasteiger partial charge is 0.352 e. The first-order valence-electron chi connectivity index (χ1n) is 20.7. The molecule has 14 heteroatoms. The number of methoxy groups -OCH3 is 1. The van der Waals surface area contributed by atoms with E-state index in [1.807, 2.05) is 88.8 Å². The number of aromatic carboxylic acids is 1. The van der Waals surface area contributed by atoms with Gasteiger partial charge < -0.3 is 33.4 Å². The first-order valence-corrected chi connectivity index (χ1v) is 21.5. The number of carbonyl (C=O) groups excluding carboxylic acids is 1. The van der Waals surface area contributed by atoms with Crippen LogP contribution < -0.4 is 14.4 Å². The highest BCUT2D eigenvalue weighted by molar-refractivity contribution is 6.35. The molecule has 7 aromatic rings. The molecular weight excluding hydrogens is 827 g/mol. The van der Waals surface area contributed by atoms with Gasteiger partial charge >= 0.3 is 5.97 Å². The first kappa shape index (κ1) is 42.9. The van der Waals surface area contributed by atoms with E-state index >= 15 is 4.79 Å². The molecule has 0 aliphatic carbocycles. The van der Waals surface area contributed by atoms with E-state index in [9.17, 15) is 9.90 Å². The minimum atomic E-state index is -1.11. The van der Waals surface area contributed by atoms with Crippen LogP contribution >= 0.6 is 23.2 Å². The Bertz CT molecular complexity index is 2890. The second-order valence-corrected chi connectivity index (χ2v) is 17.0. The quantitative estimate of drug-likeness (QED) is 0.107. The number of hydrogen-bond donors (Lipinski definition) is 1. The Hall–Kier alpha value is -5.82. The number of fused-ring (bicyclic) bond motifs is 4. The summed E-state index contributed by atoms with van der Waals surface area (Å²) in [6.07, 6.45) is 2.86. The zero-order chi connectivity index (χ0) is 44.1. The summed E-state index contributed by atoms with van der Waals surface area (Å²) >= 11 is 13.6. The molecule has 12 nitrogen and oxygen atoms in total. The lowest BCUT2D eigenvalue weighted by molar-refractivity contribution is 0.0686. The number of carboxylic acid groups (broad SMARTS) is 1. The van der Waals surface area contributed by atoms with E-state index in [2.05, 4.69) is 16.5 Å². The number of halogens is 2. The van der Waals surface area contributed by atoms with Crippen molar-refractivity contribution in [3.63, 3.8) is 0 Å². The second-order valence-electron chi connectivity index (χ2n) is 16.2. The fourth-order valence-electron chi connectivity index (χ4n) is 9.04. The van der Waals surface area contributed by atoms with E-state index < -0.39 is 5.97 Å². The number of hydrogen-bond acceptors (Lipinski definition) is 7. The Labute approximate surface area is 370 Å². The van der Waals surface area contributed by atoms with Gasteiger partial charge in [-0.1, -0.05) is 29.3 Å². The van der Waals surface area contributed by atoms with E-state index in [-0.39, 0.29) is 30.8 Å². The minimum Gasteiger partial charge on any atom is -0.494 e. The van der Waals surface area contributed by atoms with Crippen LogP contribution in [0.5, 0.6) is 11.5 Å². The third-order valence-electron chi connectivity index (χ3n) is 11.9. The molecule has 0 bridgehead atoms. The van der Waals surface area contributed by atoms with Crippen molar-refractivity contribution < 1.29 is 28.9 Å². The van der Waals surface area contributed by atoms with Crippen LogP contribution in [0.1, 0.15) is 79.7 Å². The van der Waals surface area contributed by atoms with Crippen molar-refractivity contribution in [1.82, 2.24) is 23.9 Å². The summed E-state index contributed by atoms with van der Waals surface area (Å²) in [5.74, 6) is -0.100. The summed E-state index contributed by atoms with van der Waals surface area (Å²) in [6, 6.07) is 16.7. The van der Waals surface area contributed by atoms with Gasteiger partial charge in [0, 0.05) is 65.6 Å². The molecule has 0 radical (unpaired) electrons. The largest absolute Gasteiger partial charge is 0.494 e. The normalized spacial score (nSPS) is 14.0. The Morgan fingerprint density at radius 3 is 2.34 bits per heavy atom. The number of amides is 1. The summed E-state index contributed by atoms with van der Waals surface area (Å²) in [5, 5.41) is 18.2. The molecule has 62 heavy (non-hydrogen) atoms. The Morgan fingerprint density at radius 1 is 0.903 bits per heavy atom. The molecule has 1 aliphatic rings. The molecular formula is C48H50Cl2N6O6. The maximum Gasteiger partial charge on any atom is 0.352 e. The fraction of sp³-hybridized carbons (Fsp3) is 0.333. The minimum absolute atomic E-state index is 0.0484. The predicted molar refractivity (Wildman–Crippen MR) is 244 cm³/mol. The van der Waals surface area contributed by atoms with E-state index in [0.717, 1.165) is 66.4 Å². The molecule has 4 aromatic heterocycles. The van der Waals surface area contributed by atoms with Crippen molar-refractivity contribution in [3.8, 4) is 22.6 Å². The van der Waals surface area contributed by atoms with E-state index in [4.69, 9.17) is 42.5 Å². The number of anilines is 1. The van der Waals surface area contributed by atoms with Crippen molar-refractivity contribution in [2.45, 2.75) is 67.0 Å². The monoisotopic (exact) mass is 876 g/mol. The zero-order valence-electron chi connectivity index (χ0n) is 36.2. The van der Waals surface area contributed by atoms with Crippen LogP contribution in [0.4, 0.5) is 5.69 Å². The third kappa shape index (κ3) is 7.58. The van der Waals surface area contributed by atoms with Gasteiger partial charge in [-0.2, -0.15) is 5.10 Å². The Kier molecular flexibility index (Phi) is 11.9. The van der Waals surface area contributed by atoms with Crippen molar-refractivity contribution in [3.05, 3.63) is 122 Å². The first-order chi connectivity index (χ1) is 29.7. The van der Waals surface area contributed by atoms with Gasteiger partial charge in [0.15, 0.2) is 0 Å². The van der Waals surface area contributed by atoms with E-state index in [1.54, 1.807) is 34.9 Å². The lowest BCUT2D eigenvalue weighted by Crippen LogP contribution is -2.43. The van der Waals surface area contributed by atoms with Gasteiger partial charge in [-0.3, -0.25) is 14.5 Å². The van der Waals surface area contributed by atoms with Crippen LogP contribution in [0.2, 0.25) is 10.0 Å². The number of carboxylic acids is 1. The summed E-state index contributed by atoms with van der Waals surface area (Å²) in [7, 11) is 3.51. The molecule has 0 fully saturated rings. The Balaban J connectivity index is 1.30. The number of ether oxygens (including phenoxy) is 3. The van der Waals surface area contributed by atoms with Gasteiger partial charge in [-0.05, 0) is 125 Å².